The highest BCUT2D eigenvalue weighted by Gasteiger charge is 2.25. The van der Waals surface area contributed by atoms with Crippen LogP contribution in [0.1, 0.15) is 85.8 Å². The van der Waals surface area contributed by atoms with Crippen LogP contribution in [0.15, 0.2) is 4.42 Å². The summed E-state index contributed by atoms with van der Waals surface area (Å²) in [5.41, 5.74) is 5.52. The van der Waals surface area contributed by atoms with Crippen LogP contribution in [-0.2, 0) is 14.3 Å². The summed E-state index contributed by atoms with van der Waals surface area (Å²) in [4.78, 5) is 39.2. The van der Waals surface area contributed by atoms with Crippen molar-refractivity contribution in [2.45, 2.75) is 70.6 Å². The molecule has 0 spiro atoms. The SMILES string of the molecule is COC(=O)CNC(=O)c1nc(C(CCCC2CCCCC2)CC(N)=O)oc1C. The molecule has 8 heteroatoms. The lowest BCUT2D eigenvalue weighted by Gasteiger charge is -2.22. The number of hydrogen-bond donors (Lipinski definition) is 2. The van der Waals surface area contributed by atoms with Crippen molar-refractivity contribution in [1.82, 2.24) is 10.3 Å². The van der Waals surface area contributed by atoms with E-state index in [0.29, 0.717) is 11.7 Å². The Bertz CT molecular complexity index is 679. The molecular formula is C20H31N3O5. The van der Waals surface area contributed by atoms with Crippen molar-refractivity contribution in [3.05, 3.63) is 17.3 Å². The molecule has 1 aliphatic carbocycles. The van der Waals surface area contributed by atoms with Crippen LogP contribution in [0.2, 0.25) is 0 Å². The average molecular weight is 393 g/mol. The summed E-state index contributed by atoms with van der Waals surface area (Å²) in [5, 5.41) is 2.44. The summed E-state index contributed by atoms with van der Waals surface area (Å²) in [5.74, 6) is -0.282. The van der Waals surface area contributed by atoms with Crippen molar-refractivity contribution in [2.24, 2.45) is 11.7 Å². The number of amides is 2. The molecule has 1 aromatic heterocycles. The largest absolute Gasteiger partial charge is 0.468 e. The third-order valence-corrected chi connectivity index (χ3v) is 5.34. The fourth-order valence-electron chi connectivity index (χ4n) is 3.79. The van der Waals surface area contributed by atoms with Gasteiger partial charge in [-0.3, -0.25) is 14.4 Å². The first-order valence-electron chi connectivity index (χ1n) is 10.0. The number of aryl methyl sites for hydroxylation is 1. The number of carbonyl (C=O) groups excluding carboxylic acids is 3. The lowest BCUT2D eigenvalue weighted by atomic mass is 9.84. The third kappa shape index (κ3) is 6.65. The van der Waals surface area contributed by atoms with Crippen LogP contribution in [0.5, 0.6) is 0 Å². The quantitative estimate of drug-likeness (QED) is 0.589. The number of carbonyl (C=O) groups is 3. The van der Waals surface area contributed by atoms with E-state index in [1.165, 1.54) is 39.2 Å². The molecule has 2 rings (SSSR count). The molecule has 28 heavy (non-hydrogen) atoms. The van der Waals surface area contributed by atoms with Crippen molar-refractivity contribution < 1.29 is 23.5 Å². The van der Waals surface area contributed by atoms with Gasteiger partial charge in [0.05, 0.1) is 7.11 Å². The van der Waals surface area contributed by atoms with Gasteiger partial charge in [-0.15, -0.1) is 0 Å². The Morgan fingerprint density at radius 3 is 2.64 bits per heavy atom. The van der Waals surface area contributed by atoms with E-state index in [4.69, 9.17) is 10.2 Å². The van der Waals surface area contributed by atoms with Gasteiger partial charge in [-0.1, -0.05) is 44.9 Å². The lowest BCUT2D eigenvalue weighted by molar-refractivity contribution is -0.139. The molecule has 0 aliphatic heterocycles. The van der Waals surface area contributed by atoms with Crippen molar-refractivity contribution in [1.29, 1.82) is 0 Å². The van der Waals surface area contributed by atoms with Gasteiger partial charge in [-0.2, -0.15) is 0 Å². The highest BCUT2D eigenvalue weighted by Crippen LogP contribution is 2.31. The molecule has 156 valence electrons. The van der Waals surface area contributed by atoms with E-state index in [2.05, 4.69) is 15.0 Å². The second-order valence-electron chi connectivity index (χ2n) is 7.52. The lowest BCUT2D eigenvalue weighted by Crippen LogP contribution is -2.30. The molecule has 3 N–H and O–H groups in total. The van der Waals surface area contributed by atoms with Crippen LogP contribution in [0, 0.1) is 12.8 Å². The zero-order valence-corrected chi connectivity index (χ0v) is 16.8. The Hall–Kier alpha value is -2.38. The second kappa shape index (κ2) is 10.8. The number of nitrogens with two attached hydrogens (primary N) is 1. The Morgan fingerprint density at radius 1 is 1.29 bits per heavy atom. The summed E-state index contributed by atoms with van der Waals surface area (Å²) in [6.07, 6.45) is 9.46. The molecule has 1 heterocycles. The first kappa shape index (κ1) is 21.9. The number of primary amides is 1. The van der Waals surface area contributed by atoms with Crippen molar-refractivity contribution >= 4 is 17.8 Å². The van der Waals surface area contributed by atoms with E-state index in [1.54, 1.807) is 6.92 Å². The third-order valence-electron chi connectivity index (χ3n) is 5.34. The van der Waals surface area contributed by atoms with E-state index in [-0.39, 0.29) is 24.6 Å². The first-order valence-corrected chi connectivity index (χ1v) is 10.0. The van der Waals surface area contributed by atoms with Gasteiger partial charge in [0, 0.05) is 12.3 Å². The minimum absolute atomic E-state index is 0.112. The van der Waals surface area contributed by atoms with Crippen LogP contribution in [0.4, 0.5) is 0 Å². The number of esters is 1. The predicted octanol–water partition coefficient (Wildman–Crippen LogP) is 2.60. The maximum atomic E-state index is 12.2. The molecule has 0 aromatic carbocycles. The monoisotopic (exact) mass is 393 g/mol. The Kier molecular flexibility index (Phi) is 8.47. The van der Waals surface area contributed by atoms with Gasteiger partial charge >= 0.3 is 5.97 Å². The summed E-state index contributed by atoms with van der Waals surface area (Å²) in [6.45, 7) is 1.38. The van der Waals surface area contributed by atoms with Gasteiger partial charge in [0.2, 0.25) is 5.91 Å². The Balaban J connectivity index is 1.99. The van der Waals surface area contributed by atoms with E-state index < -0.39 is 17.8 Å². The standard InChI is InChI=1S/C20H31N3O5/c1-13-18(19(26)22-12-17(25)27-2)23-20(28-13)15(11-16(21)24)10-6-9-14-7-4-3-5-8-14/h14-15H,3-12H2,1-2H3,(H2,21,24)(H,22,26). The molecule has 1 aromatic rings. The number of nitrogens with zero attached hydrogens (tertiary/aromatic N) is 1. The summed E-state index contributed by atoms with van der Waals surface area (Å²) < 4.78 is 10.2. The smallest absolute Gasteiger partial charge is 0.325 e. The van der Waals surface area contributed by atoms with Gasteiger partial charge in [-0.25, -0.2) is 4.98 Å². The molecule has 8 nitrogen and oxygen atoms in total. The molecule has 1 aliphatic rings. The highest BCUT2D eigenvalue weighted by atomic mass is 16.5. The summed E-state index contributed by atoms with van der Waals surface area (Å²) in [7, 11) is 1.25. The number of methoxy groups -OCH3 is 1. The number of ether oxygens (including phenoxy) is 1. The molecule has 2 amide bonds. The van der Waals surface area contributed by atoms with Gasteiger partial charge < -0.3 is 20.2 Å². The zero-order chi connectivity index (χ0) is 20.5. The minimum atomic E-state index is -0.552. The maximum absolute atomic E-state index is 12.2. The van der Waals surface area contributed by atoms with Crippen LogP contribution in [0.25, 0.3) is 0 Å². The molecular weight excluding hydrogens is 362 g/mol. The molecule has 1 atom stereocenters. The van der Waals surface area contributed by atoms with Crippen LogP contribution in [-0.4, -0.2) is 36.4 Å². The zero-order valence-electron chi connectivity index (χ0n) is 16.8. The fraction of sp³-hybridized carbons (Fsp3) is 0.700. The van der Waals surface area contributed by atoms with E-state index in [1.807, 2.05) is 0 Å². The molecule has 1 saturated carbocycles. The molecule has 1 fully saturated rings. The average Bonchev–Trinajstić information content (AvgIpc) is 3.07. The Morgan fingerprint density at radius 2 is 2.00 bits per heavy atom. The van der Waals surface area contributed by atoms with E-state index in [9.17, 15) is 14.4 Å². The van der Waals surface area contributed by atoms with Crippen molar-refractivity contribution in [3.8, 4) is 0 Å². The first-order chi connectivity index (χ1) is 13.4. The van der Waals surface area contributed by atoms with E-state index >= 15 is 0 Å². The van der Waals surface area contributed by atoms with Crippen LogP contribution >= 0.6 is 0 Å². The number of rotatable bonds is 10. The molecule has 1 unspecified atom stereocenters. The van der Waals surface area contributed by atoms with Crippen molar-refractivity contribution in [2.75, 3.05) is 13.7 Å². The molecule has 0 radical (unpaired) electrons. The number of aromatic nitrogens is 1. The van der Waals surface area contributed by atoms with E-state index in [0.717, 1.165) is 25.2 Å². The van der Waals surface area contributed by atoms with Crippen LogP contribution < -0.4 is 11.1 Å². The number of nitrogens with one attached hydrogen (secondary N) is 1. The van der Waals surface area contributed by atoms with Crippen molar-refractivity contribution in [3.63, 3.8) is 0 Å². The fourth-order valence-corrected chi connectivity index (χ4v) is 3.79. The topological polar surface area (TPSA) is 125 Å². The minimum Gasteiger partial charge on any atom is -0.468 e. The molecule has 0 bridgehead atoms. The second-order valence-corrected chi connectivity index (χ2v) is 7.52. The predicted molar refractivity (Wildman–Crippen MR) is 103 cm³/mol. The van der Waals surface area contributed by atoms with Gasteiger partial charge in [0.25, 0.3) is 5.91 Å². The maximum Gasteiger partial charge on any atom is 0.325 e. The molecule has 0 saturated heterocycles. The van der Waals surface area contributed by atoms with Crippen LogP contribution in [0.3, 0.4) is 0 Å². The summed E-state index contributed by atoms with van der Waals surface area (Å²) in [6, 6.07) is 0. The normalized spacial score (nSPS) is 15.8. The Labute approximate surface area is 165 Å². The van der Waals surface area contributed by atoms with Gasteiger partial charge in [-0.05, 0) is 19.3 Å². The van der Waals surface area contributed by atoms with Gasteiger partial charge in [0.1, 0.15) is 12.3 Å². The highest BCUT2D eigenvalue weighted by molar-refractivity contribution is 5.95. The van der Waals surface area contributed by atoms with Gasteiger partial charge in [0.15, 0.2) is 11.6 Å². The number of oxazole rings is 1. The number of hydrogen-bond acceptors (Lipinski definition) is 6. The summed E-state index contributed by atoms with van der Waals surface area (Å²) >= 11 is 0.